The Bertz CT molecular complexity index is 415. The molecule has 0 unspecified atom stereocenters. The second kappa shape index (κ2) is 6.04. The summed E-state index contributed by atoms with van der Waals surface area (Å²) in [7, 11) is 0. The topological polar surface area (TPSA) is 29.1 Å². The summed E-state index contributed by atoms with van der Waals surface area (Å²) in [4.78, 5) is 12.2. The molecule has 0 aromatic heterocycles. The van der Waals surface area contributed by atoms with E-state index in [1.54, 1.807) is 0 Å². The van der Waals surface area contributed by atoms with Crippen molar-refractivity contribution >= 4 is 28.5 Å². The number of nitrogens with one attached hydrogen (secondary N) is 1. The molecule has 18 heavy (non-hydrogen) atoms. The first-order valence-corrected chi connectivity index (χ1v) is 7.70. The second-order valence-corrected chi connectivity index (χ2v) is 6.73. The van der Waals surface area contributed by atoms with Gasteiger partial charge in [-0.2, -0.15) is 0 Å². The number of amides is 1. The first kappa shape index (κ1) is 13.8. The van der Waals surface area contributed by atoms with E-state index >= 15 is 0 Å². The summed E-state index contributed by atoms with van der Waals surface area (Å²) >= 11 is 2.25. The lowest BCUT2D eigenvalue weighted by Crippen LogP contribution is -2.42. The Labute approximate surface area is 123 Å². The van der Waals surface area contributed by atoms with Gasteiger partial charge >= 0.3 is 0 Å². The molecule has 2 rings (SSSR count). The maximum atomic E-state index is 12.2. The molecule has 1 aliphatic carbocycles. The number of carbonyl (C=O) groups is 1. The van der Waals surface area contributed by atoms with Crippen LogP contribution in [-0.4, -0.2) is 11.9 Å². The fourth-order valence-electron chi connectivity index (χ4n) is 2.59. The predicted octanol–water partition coefficient (Wildman–Crippen LogP) is 3.85. The second-order valence-electron chi connectivity index (χ2n) is 5.48. The highest BCUT2D eigenvalue weighted by molar-refractivity contribution is 14.1. The molecule has 3 atom stereocenters. The van der Waals surface area contributed by atoms with E-state index in [4.69, 9.17) is 0 Å². The van der Waals surface area contributed by atoms with Crippen molar-refractivity contribution in [3.05, 3.63) is 33.4 Å². The van der Waals surface area contributed by atoms with Crippen LogP contribution in [0.1, 0.15) is 43.5 Å². The number of carbonyl (C=O) groups excluding carboxylic acids is 1. The molecule has 1 saturated carbocycles. The van der Waals surface area contributed by atoms with E-state index in [1.807, 2.05) is 24.3 Å². The lowest BCUT2D eigenvalue weighted by Gasteiger charge is -2.33. The van der Waals surface area contributed by atoms with Gasteiger partial charge in [0.05, 0.1) is 0 Å². The van der Waals surface area contributed by atoms with Crippen LogP contribution >= 0.6 is 22.6 Å². The van der Waals surface area contributed by atoms with Crippen LogP contribution in [0.4, 0.5) is 0 Å². The molecule has 1 fully saturated rings. The van der Waals surface area contributed by atoms with Crippen molar-refractivity contribution in [3.63, 3.8) is 0 Å². The average molecular weight is 357 g/mol. The molecule has 2 nitrogen and oxygen atoms in total. The molecule has 0 radical (unpaired) electrons. The van der Waals surface area contributed by atoms with Gasteiger partial charge in [0.2, 0.25) is 0 Å². The Kier molecular flexibility index (Phi) is 4.65. The maximum absolute atomic E-state index is 12.2. The van der Waals surface area contributed by atoms with Crippen LogP contribution in [0.15, 0.2) is 24.3 Å². The zero-order valence-corrected chi connectivity index (χ0v) is 13.1. The highest BCUT2D eigenvalue weighted by Gasteiger charge is 2.26. The Balaban J connectivity index is 2.00. The normalized spacial score (nSPS) is 27.8. The fourth-order valence-corrected chi connectivity index (χ4v) is 2.95. The molecule has 1 aromatic carbocycles. The Morgan fingerprint density at radius 1 is 1.22 bits per heavy atom. The van der Waals surface area contributed by atoms with Crippen LogP contribution in [0, 0.1) is 15.4 Å². The Morgan fingerprint density at radius 2 is 1.89 bits per heavy atom. The number of hydrogen-bond acceptors (Lipinski definition) is 1. The van der Waals surface area contributed by atoms with Crippen molar-refractivity contribution in [3.8, 4) is 0 Å². The molecule has 0 aliphatic heterocycles. The summed E-state index contributed by atoms with van der Waals surface area (Å²) in [5, 5.41) is 3.19. The van der Waals surface area contributed by atoms with Gasteiger partial charge in [-0.1, -0.05) is 20.3 Å². The van der Waals surface area contributed by atoms with Gasteiger partial charge in [0.25, 0.3) is 5.91 Å². The third kappa shape index (κ3) is 3.46. The number of hydrogen-bond donors (Lipinski definition) is 1. The average Bonchev–Trinajstić information content (AvgIpc) is 2.34. The predicted molar refractivity (Wildman–Crippen MR) is 82.6 cm³/mol. The zero-order chi connectivity index (χ0) is 13.1. The Hall–Kier alpha value is -0.580. The molecule has 1 aliphatic rings. The lowest BCUT2D eigenvalue weighted by atomic mass is 9.80. The van der Waals surface area contributed by atoms with Crippen molar-refractivity contribution in [2.24, 2.45) is 11.8 Å². The molecule has 0 saturated heterocycles. The summed E-state index contributed by atoms with van der Waals surface area (Å²) in [6.45, 7) is 4.51. The van der Waals surface area contributed by atoms with Gasteiger partial charge in [0, 0.05) is 15.2 Å². The van der Waals surface area contributed by atoms with E-state index in [9.17, 15) is 4.79 Å². The minimum absolute atomic E-state index is 0.0670. The smallest absolute Gasteiger partial charge is 0.251 e. The molecule has 0 spiro atoms. The summed E-state index contributed by atoms with van der Waals surface area (Å²) in [5.74, 6) is 1.38. The van der Waals surface area contributed by atoms with Gasteiger partial charge in [0.15, 0.2) is 0 Å². The molecule has 1 N–H and O–H groups in total. The Morgan fingerprint density at radius 3 is 2.56 bits per heavy atom. The van der Waals surface area contributed by atoms with Gasteiger partial charge in [-0.15, -0.1) is 0 Å². The van der Waals surface area contributed by atoms with Crippen LogP contribution in [-0.2, 0) is 0 Å². The maximum Gasteiger partial charge on any atom is 0.251 e. The fraction of sp³-hybridized carbons (Fsp3) is 0.533. The summed E-state index contributed by atoms with van der Waals surface area (Å²) in [6, 6.07) is 8.08. The first-order chi connectivity index (χ1) is 8.56. The molecule has 1 aromatic rings. The highest BCUT2D eigenvalue weighted by Crippen LogP contribution is 2.28. The van der Waals surface area contributed by atoms with Crippen molar-refractivity contribution in [1.29, 1.82) is 0 Å². The quantitative estimate of drug-likeness (QED) is 0.801. The summed E-state index contributed by atoms with van der Waals surface area (Å²) in [6.07, 6.45) is 3.62. The van der Waals surface area contributed by atoms with Crippen molar-refractivity contribution in [2.45, 2.75) is 39.2 Å². The molecule has 0 bridgehead atoms. The van der Waals surface area contributed by atoms with E-state index < -0.39 is 0 Å². The molecule has 0 heterocycles. The van der Waals surface area contributed by atoms with E-state index in [0.29, 0.717) is 12.0 Å². The highest BCUT2D eigenvalue weighted by atomic mass is 127. The van der Waals surface area contributed by atoms with Crippen molar-refractivity contribution in [1.82, 2.24) is 5.32 Å². The van der Waals surface area contributed by atoms with Crippen LogP contribution in [0.25, 0.3) is 0 Å². The van der Waals surface area contributed by atoms with Gasteiger partial charge in [-0.05, 0) is 71.5 Å². The third-order valence-corrected chi connectivity index (χ3v) is 4.60. The third-order valence-electron chi connectivity index (χ3n) is 3.88. The van der Waals surface area contributed by atoms with Gasteiger partial charge < -0.3 is 5.32 Å². The van der Waals surface area contributed by atoms with E-state index in [1.165, 1.54) is 12.8 Å². The van der Waals surface area contributed by atoms with Crippen molar-refractivity contribution < 1.29 is 4.79 Å². The number of halogens is 1. The van der Waals surface area contributed by atoms with Gasteiger partial charge in [-0.25, -0.2) is 0 Å². The molecule has 98 valence electrons. The minimum atomic E-state index is 0.0670. The van der Waals surface area contributed by atoms with E-state index in [2.05, 4.69) is 41.8 Å². The first-order valence-electron chi connectivity index (χ1n) is 6.62. The van der Waals surface area contributed by atoms with E-state index in [-0.39, 0.29) is 5.91 Å². The zero-order valence-electron chi connectivity index (χ0n) is 10.9. The van der Waals surface area contributed by atoms with Gasteiger partial charge in [-0.3, -0.25) is 4.79 Å². The standard InChI is InChI=1S/C15H20INO/c1-10-3-4-11(2)14(9-10)17-15(18)12-5-7-13(16)8-6-12/h5-8,10-11,14H,3-4,9H2,1-2H3,(H,17,18)/t10-,11+,14-/m1/s1. The van der Waals surface area contributed by atoms with Crippen molar-refractivity contribution in [2.75, 3.05) is 0 Å². The van der Waals surface area contributed by atoms with E-state index in [0.717, 1.165) is 21.5 Å². The number of benzene rings is 1. The largest absolute Gasteiger partial charge is 0.349 e. The van der Waals surface area contributed by atoms with Gasteiger partial charge in [0.1, 0.15) is 0 Å². The minimum Gasteiger partial charge on any atom is -0.349 e. The molecular formula is C15H20INO. The number of rotatable bonds is 2. The van der Waals surface area contributed by atoms with Crippen LogP contribution in [0.3, 0.4) is 0 Å². The van der Waals surface area contributed by atoms with Crippen LogP contribution in [0.2, 0.25) is 0 Å². The molecule has 3 heteroatoms. The molecule has 1 amide bonds. The van der Waals surface area contributed by atoms with Crippen LogP contribution < -0.4 is 5.32 Å². The monoisotopic (exact) mass is 357 g/mol. The molecular weight excluding hydrogens is 337 g/mol. The SMILES string of the molecule is C[C@@H]1CC[C@H](C)[C@H](NC(=O)c2ccc(I)cc2)C1. The summed E-state index contributed by atoms with van der Waals surface area (Å²) < 4.78 is 1.16. The lowest BCUT2D eigenvalue weighted by molar-refractivity contribution is 0.0898. The van der Waals surface area contributed by atoms with Crippen LogP contribution in [0.5, 0.6) is 0 Å². The summed E-state index contributed by atoms with van der Waals surface area (Å²) in [5.41, 5.74) is 0.765.